The molecule has 1 fully saturated rings. The molecule has 1 aliphatic heterocycles. The Balaban J connectivity index is 1.68. The molecule has 1 saturated carbocycles. The van der Waals surface area contributed by atoms with Crippen molar-refractivity contribution >= 4 is 11.0 Å². The summed E-state index contributed by atoms with van der Waals surface area (Å²) in [6.07, 6.45) is 8.62. The molecule has 1 aromatic heterocycles. The van der Waals surface area contributed by atoms with Gasteiger partial charge in [0.1, 0.15) is 5.76 Å². The molecule has 2 heterocycles. The van der Waals surface area contributed by atoms with E-state index < -0.39 is 11.6 Å². The van der Waals surface area contributed by atoms with Crippen LogP contribution in [-0.2, 0) is 6.42 Å². The van der Waals surface area contributed by atoms with Crippen LogP contribution in [0.4, 0.5) is 8.78 Å². The molecule has 2 nitrogen and oxygen atoms in total. The van der Waals surface area contributed by atoms with E-state index in [9.17, 15) is 8.78 Å². The summed E-state index contributed by atoms with van der Waals surface area (Å²) in [7, 11) is 0. The maximum absolute atomic E-state index is 14.4. The van der Waals surface area contributed by atoms with Gasteiger partial charge >= 0.3 is 0 Å². The molecule has 0 unspecified atom stereocenters. The van der Waals surface area contributed by atoms with Crippen LogP contribution in [0.3, 0.4) is 0 Å². The van der Waals surface area contributed by atoms with E-state index in [1.54, 1.807) is 0 Å². The second-order valence-corrected chi connectivity index (χ2v) is 7.29. The molecule has 4 heteroatoms. The van der Waals surface area contributed by atoms with E-state index in [2.05, 4.69) is 6.92 Å². The predicted molar refractivity (Wildman–Crippen MR) is 89.6 cm³/mol. The summed E-state index contributed by atoms with van der Waals surface area (Å²) >= 11 is 0. The predicted octanol–water partition coefficient (Wildman–Crippen LogP) is 6.11. The molecular weight excluding hydrogens is 310 g/mol. The van der Waals surface area contributed by atoms with E-state index in [4.69, 9.17) is 9.15 Å². The normalized spacial score (nSPS) is 24.0. The lowest BCUT2D eigenvalue weighted by Gasteiger charge is -2.26. The Morgan fingerprint density at radius 3 is 2.67 bits per heavy atom. The highest BCUT2D eigenvalue weighted by molar-refractivity contribution is 5.85. The Bertz CT molecular complexity index is 742. The number of aryl methyl sites for hydroxylation is 1. The fourth-order valence-corrected chi connectivity index (χ4v) is 4.42. The second kappa shape index (κ2) is 6.38. The largest absolute Gasteiger partial charge is 0.490 e. The third kappa shape index (κ3) is 2.60. The Hall–Kier alpha value is -1.58. The first-order valence-corrected chi connectivity index (χ1v) is 9.25. The molecule has 130 valence electrons. The molecule has 0 amide bonds. The van der Waals surface area contributed by atoms with Crippen molar-refractivity contribution in [1.29, 1.82) is 0 Å². The minimum atomic E-state index is -0.906. The van der Waals surface area contributed by atoms with Crippen molar-refractivity contribution in [3.8, 4) is 5.75 Å². The van der Waals surface area contributed by atoms with Gasteiger partial charge in [-0.1, -0.05) is 19.8 Å². The lowest BCUT2D eigenvalue weighted by molar-refractivity contribution is 0.268. The standard InChI is InChI=1S/C20H24F2O2/c1-2-4-12-6-8-13(9-7-12)16-11-15-14-5-3-10-23-19(14)17(21)18(22)20(15)24-16/h11-13H,2-10H2,1H3. The van der Waals surface area contributed by atoms with Crippen molar-refractivity contribution in [1.82, 2.24) is 0 Å². The minimum absolute atomic E-state index is 0.0717. The summed E-state index contributed by atoms with van der Waals surface area (Å²) < 4.78 is 39.8. The molecule has 2 aromatic rings. The SMILES string of the molecule is CCCC1CCC(c2cc3c4c(c(F)c(F)c3o2)OCCC4)CC1. The van der Waals surface area contributed by atoms with Gasteiger partial charge in [-0.25, -0.2) is 0 Å². The van der Waals surface area contributed by atoms with Gasteiger partial charge in [0.25, 0.3) is 0 Å². The second-order valence-electron chi connectivity index (χ2n) is 7.29. The maximum Gasteiger partial charge on any atom is 0.205 e. The first kappa shape index (κ1) is 15.9. The molecule has 0 radical (unpaired) electrons. The van der Waals surface area contributed by atoms with Gasteiger partial charge in [0, 0.05) is 16.9 Å². The van der Waals surface area contributed by atoms with E-state index in [0.29, 0.717) is 24.3 Å². The zero-order valence-electron chi connectivity index (χ0n) is 14.2. The van der Waals surface area contributed by atoms with Crippen LogP contribution in [0.2, 0.25) is 0 Å². The lowest BCUT2D eigenvalue weighted by atomic mass is 9.79. The number of rotatable bonds is 3. The van der Waals surface area contributed by atoms with E-state index >= 15 is 0 Å². The van der Waals surface area contributed by atoms with Gasteiger partial charge < -0.3 is 9.15 Å². The molecule has 24 heavy (non-hydrogen) atoms. The lowest BCUT2D eigenvalue weighted by Crippen LogP contribution is -2.12. The number of hydrogen-bond acceptors (Lipinski definition) is 2. The Morgan fingerprint density at radius 1 is 1.12 bits per heavy atom. The van der Waals surface area contributed by atoms with E-state index in [1.165, 1.54) is 25.7 Å². The molecule has 0 bridgehead atoms. The van der Waals surface area contributed by atoms with Crippen molar-refractivity contribution in [3.63, 3.8) is 0 Å². The van der Waals surface area contributed by atoms with Crippen molar-refractivity contribution in [2.75, 3.05) is 6.61 Å². The number of fused-ring (bicyclic) bond motifs is 3. The quantitative estimate of drug-likeness (QED) is 0.675. The Labute approximate surface area is 141 Å². The van der Waals surface area contributed by atoms with E-state index in [1.807, 2.05) is 6.07 Å². The van der Waals surface area contributed by atoms with E-state index in [-0.39, 0.29) is 11.3 Å². The molecule has 0 N–H and O–H groups in total. The molecule has 0 saturated heterocycles. The molecule has 2 aliphatic rings. The highest BCUT2D eigenvalue weighted by atomic mass is 19.2. The average Bonchev–Trinajstić information content (AvgIpc) is 3.06. The third-order valence-corrected chi connectivity index (χ3v) is 5.71. The van der Waals surface area contributed by atoms with Gasteiger partial charge in [0.15, 0.2) is 11.3 Å². The summed E-state index contributed by atoms with van der Waals surface area (Å²) in [6, 6.07) is 1.94. The van der Waals surface area contributed by atoms with Gasteiger partial charge in [-0.2, -0.15) is 8.78 Å². The van der Waals surface area contributed by atoms with Gasteiger partial charge in [0.2, 0.25) is 11.6 Å². The Morgan fingerprint density at radius 2 is 1.92 bits per heavy atom. The van der Waals surface area contributed by atoms with Gasteiger partial charge in [-0.05, 0) is 50.5 Å². The fraction of sp³-hybridized carbons (Fsp3) is 0.600. The number of furan rings is 1. The number of ether oxygens (including phenoxy) is 1. The minimum Gasteiger partial charge on any atom is -0.490 e. The summed E-state index contributed by atoms with van der Waals surface area (Å²) in [5, 5.41) is 0.703. The summed E-state index contributed by atoms with van der Waals surface area (Å²) in [5.41, 5.74) is 0.840. The third-order valence-electron chi connectivity index (χ3n) is 5.71. The summed E-state index contributed by atoms with van der Waals surface area (Å²) in [5.74, 6) is 0.239. The number of halogens is 2. The van der Waals surface area contributed by atoms with Gasteiger partial charge in [-0.3, -0.25) is 0 Å². The highest BCUT2D eigenvalue weighted by Crippen LogP contribution is 2.43. The van der Waals surface area contributed by atoms with Crippen molar-refractivity contribution < 1.29 is 17.9 Å². The van der Waals surface area contributed by atoms with Gasteiger partial charge in [-0.15, -0.1) is 0 Å². The highest BCUT2D eigenvalue weighted by Gasteiger charge is 2.29. The molecular formula is C20H24F2O2. The molecule has 0 atom stereocenters. The zero-order chi connectivity index (χ0) is 16.7. The molecule has 1 aliphatic carbocycles. The maximum atomic E-state index is 14.4. The van der Waals surface area contributed by atoms with Crippen molar-refractivity contribution in [2.24, 2.45) is 5.92 Å². The van der Waals surface area contributed by atoms with Crippen LogP contribution >= 0.6 is 0 Å². The molecule has 0 spiro atoms. The number of hydrogen-bond donors (Lipinski definition) is 0. The van der Waals surface area contributed by atoms with Crippen LogP contribution in [0.5, 0.6) is 5.75 Å². The average molecular weight is 334 g/mol. The van der Waals surface area contributed by atoms with Crippen LogP contribution in [0, 0.1) is 17.6 Å². The molecule has 1 aromatic carbocycles. The van der Waals surface area contributed by atoms with Crippen LogP contribution in [-0.4, -0.2) is 6.61 Å². The van der Waals surface area contributed by atoms with Gasteiger partial charge in [0.05, 0.1) is 6.61 Å². The zero-order valence-corrected chi connectivity index (χ0v) is 14.2. The smallest absolute Gasteiger partial charge is 0.205 e. The topological polar surface area (TPSA) is 22.4 Å². The fourth-order valence-electron chi connectivity index (χ4n) is 4.42. The first-order valence-electron chi connectivity index (χ1n) is 9.25. The summed E-state index contributed by atoms with van der Waals surface area (Å²) in [6.45, 7) is 2.68. The van der Waals surface area contributed by atoms with Crippen molar-refractivity contribution in [2.45, 2.75) is 64.2 Å². The van der Waals surface area contributed by atoms with E-state index in [0.717, 1.165) is 36.5 Å². The monoisotopic (exact) mass is 334 g/mol. The van der Waals surface area contributed by atoms with Crippen LogP contribution in [0.1, 0.15) is 69.1 Å². The first-order chi connectivity index (χ1) is 11.7. The summed E-state index contributed by atoms with van der Waals surface area (Å²) in [4.78, 5) is 0. The van der Waals surface area contributed by atoms with Crippen LogP contribution in [0.25, 0.3) is 11.0 Å². The molecule has 4 rings (SSSR count). The Kier molecular flexibility index (Phi) is 4.23. The van der Waals surface area contributed by atoms with Crippen LogP contribution < -0.4 is 4.74 Å². The van der Waals surface area contributed by atoms with Crippen molar-refractivity contribution in [3.05, 3.63) is 29.0 Å². The van der Waals surface area contributed by atoms with Crippen LogP contribution in [0.15, 0.2) is 10.5 Å². The number of benzene rings is 1.